The van der Waals surface area contributed by atoms with Gasteiger partial charge in [-0.1, -0.05) is 30.3 Å². The van der Waals surface area contributed by atoms with Crippen molar-refractivity contribution in [1.29, 1.82) is 0 Å². The van der Waals surface area contributed by atoms with Crippen LogP contribution in [0, 0.1) is 6.92 Å². The van der Waals surface area contributed by atoms with E-state index in [4.69, 9.17) is 10.5 Å². The van der Waals surface area contributed by atoms with E-state index in [-0.39, 0.29) is 0 Å². The summed E-state index contributed by atoms with van der Waals surface area (Å²) in [6, 6.07) is 15.8. The molecule has 0 aliphatic heterocycles. The van der Waals surface area contributed by atoms with Gasteiger partial charge < -0.3 is 15.8 Å². The molecule has 3 N–H and O–H groups in total. The fraction of sp³-hybridized carbons (Fsp3) is 0.118. The molecule has 5 heteroatoms. The van der Waals surface area contributed by atoms with Crippen molar-refractivity contribution in [3.63, 3.8) is 0 Å². The van der Waals surface area contributed by atoms with Gasteiger partial charge in [0.1, 0.15) is 5.75 Å². The topological polar surface area (TPSA) is 60.2 Å². The summed E-state index contributed by atoms with van der Waals surface area (Å²) in [5.74, 6) is 0.672. The minimum Gasteiger partial charge on any atom is -0.495 e. The van der Waals surface area contributed by atoms with E-state index in [2.05, 4.69) is 29.4 Å². The molecular weight excluding hydrogens is 294 g/mol. The largest absolute Gasteiger partial charge is 0.495 e. The molecule has 0 spiro atoms. The van der Waals surface area contributed by atoms with Gasteiger partial charge in [-0.2, -0.15) is 0 Å². The first kappa shape index (κ1) is 14.4. The Labute approximate surface area is 133 Å². The van der Waals surface area contributed by atoms with Gasteiger partial charge in [-0.05, 0) is 25.1 Å². The molecule has 0 saturated carbocycles. The van der Waals surface area contributed by atoms with E-state index in [1.165, 1.54) is 4.88 Å². The summed E-state index contributed by atoms with van der Waals surface area (Å²) < 4.78 is 5.17. The number of aromatic nitrogens is 1. The lowest BCUT2D eigenvalue weighted by molar-refractivity contribution is 0.417. The second-order valence-corrected chi connectivity index (χ2v) is 6.07. The van der Waals surface area contributed by atoms with E-state index in [0.717, 1.165) is 22.1 Å². The van der Waals surface area contributed by atoms with Gasteiger partial charge in [0, 0.05) is 16.1 Å². The maximum absolute atomic E-state index is 5.93. The number of benzene rings is 2. The van der Waals surface area contributed by atoms with Crippen LogP contribution in [-0.2, 0) is 0 Å². The van der Waals surface area contributed by atoms with E-state index in [1.54, 1.807) is 18.4 Å². The van der Waals surface area contributed by atoms with E-state index in [1.807, 2.05) is 36.4 Å². The molecule has 3 rings (SSSR count). The fourth-order valence-corrected chi connectivity index (χ4v) is 3.11. The van der Waals surface area contributed by atoms with Crippen LogP contribution in [-0.4, -0.2) is 12.1 Å². The van der Waals surface area contributed by atoms with Crippen molar-refractivity contribution in [3.05, 3.63) is 53.4 Å². The monoisotopic (exact) mass is 311 g/mol. The number of aryl methyl sites for hydroxylation is 1. The summed E-state index contributed by atoms with van der Waals surface area (Å²) >= 11 is 1.63. The molecule has 4 nitrogen and oxygen atoms in total. The Morgan fingerprint density at radius 3 is 2.59 bits per heavy atom. The summed E-state index contributed by atoms with van der Waals surface area (Å²) in [5, 5.41) is 4.15. The molecular formula is C17H17N3OS. The number of nitrogens with one attached hydrogen (secondary N) is 1. The highest BCUT2D eigenvalue weighted by atomic mass is 32.1. The number of ether oxygens (including phenoxy) is 1. The average Bonchev–Trinajstić information content (AvgIpc) is 2.89. The van der Waals surface area contributed by atoms with Crippen molar-refractivity contribution in [2.75, 3.05) is 18.2 Å². The first-order valence-corrected chi connectivity index (χ1v) is 7.72. The zero-order valence-corrected chi connectivity index (χ0v) is 13.3. The molecule has 0 atom stereocenters. The van der Waals surface area contributed by atoms with Crippen LogP contribution in [0.2, 0.25) is 0 Å². The Morgan fingerprint density at radius 1 is 1.14 bits per heavy atom. The lowest BCUT2D eigenvalue weighted by atomic mass is 10.1. The summed E-state index contributed by atoms with van der Waals surface area (Å²) in [4.78, 5) is 5.86. The number of anilines is 3. The van der Waals surface area contributed by atoms with Crippen LogP contribution >= 0.6 is 11.3 Å². The molecule has 0 fully saturated rings. The van der Waals surface area contributed by atoms with E-state index in [0.29, 0.717) is 11.4 Å². The first-order chi connectivity index (χ1) is 10.7. The summed E-state index contributed by atoms with van der Waals surface area (Å²) in [6.07, 6.45) is 0. The molecule has 3 aromatic rings. The van der Waals surface area contributed by atoms with Crippen LogP contribution in [0.15, 0.2) is 48.5 Å². The van der Waals surface area contributed by atoms with Crippen LogP contribution in [0.3, 0.4) is 0 Å². The van der Waals surface area contributed by atoms with E-state index < -0.39 is 0 Å². The Morgan fingerprint density at radius 2 is 1.91 bits per heavy atom. The molecule has 0 saturated heterocycles. The van der Waals surface area contributed by atoms with Crippen LogP contribution in [0.5, 0.6) is 5.75 Å². The minimum atomic E-state index is 0.601. The summed E-state index contributed by atoms with van der Waals surface area (Å²) in [7, 11) is 1.61. The number of nitrogens with two attached hydrogens (primary N) is 1. The van der Waals surface area contributed by atoms with Crippen molar-refractivity contribution in [2.24, 2.45) is 0 Å². The number of methoxy groups -OCH3 is 1. The van der Waals surface area contributed by atoms with Gasteiger partial charge in [0.05, 0.1) is 18.5 Å². The first-order valence-electron chi connectivity index (χ1n) is 6.91. The highest BCUT2D eigenvalue weighted by molar-refractivity contribution is 7.16. The Kier molecular flexibility index (Phi) is 3.98. The maximum Gasteiger partial charge on any atom is 0.187 e. The Balaban J connectivity index is 1.86. The van der Waals surface area contributed by atoms with Gasteiger partial charge in [0.25, 0.3) is 0 Å². The standard InChI is InChI=1S/C17H17N3OS/c1-11-16(12-6-4-3-5-7-12)20-17(22-11)19-13-8-9-15(21-2)14(18)10-13/h3-10H,18H2,1-2H3,(H,19,20). The van der Waals surface area contributed by atoms with Crippen molar-refractivity contribution in [3.8, 4) is 17.0 Å². The fourth-order valence-electron chi connectivity index (χ4n) is 2.25. The Hall–Kier alpha value is -2.53. The van der Waals surface area contributed by atoms with Crippen LogP contribution in [0.1, 0.15) is 4.88 Å². The van der Waals surface area contributed by atoms with Crippen LogP contribution in [0.4, 0.5) is 16.5 Å². The van der Waals surface area contributed by atoms with E-state index in [9.17, 15) is 0 Å². The molecule has 0 amide bonds. The van der Waals surface area contributed by atoms with Gasteiger partial charge in [0.2, 0.25) is 0 Å². The lowest BCUT2D eigenvalue weighted by Crippen LogP contribution is -1.95. The molecule has 0 aliphatic carbocycles. The second kappa shape index (κ2) is 6.07. The highest BCUT2D eigenvalue weighted by Crippen LogP contribution is 2.33. The van der Waals surface area contributed by atoms with Crippen LogP contribution in [0.25, 0.3) is 11.3 Å². The van der Waals surface area contributed by atoms with Crippen molar-refractivity contribution >= 4 is 27.8 Å². The minimum absolute atomic E-state index is 0.601. The third kappa shape index (κ3) is 2.89. The number of hydrogen-bond acceptors (Lipinski definition) is 5. The molecule has 0 radical (unpaired) electrons. The summed E-state index contributed by atoms with van der Waals surface area (Å²) in [6.45, 7) is 2.08. The predicted octanol–water partition coefficient (Wildman–Crippen LogP) is 4.45. The molecule has 1 heterocycles. The Bertz CT molecular complexity index is 784. The highest BCUT2D eigenvalue weighted by Gasteiger charge is 2.10. The third-order valence-corrected chi connectivity index (χ3v) is 4.21. The van der Waals surface area contributed by atoms with Gasteiger partial charge in [0.15, 0.2) is 5.13 Å². The zero-order chi connectivity index (χ0) is 15.5. The van der Waals surface area contributed by atoms with Crippen molar-refractivity contribution in [1.82, 2.24) is 4.98 Å². The molecule has 0 unspecified atom stereocenters. The normalized spacial score (nSPS) is 10.5. The van der Waals surface area contributed by atoms with Crippen molar-refractivity contribution in [2.45, 2.75) is 6.92 Å². The molecule has 22 heavy (non-hydrogen) atoms. The predicted molar refractivity (Wildman–Crippen MR) is 93.0 cm³/mol. The van der Waals surface area contributed by atoms with Crippen molar-refractivity contribution < 1.29 is 4.74 Å². The number of nitrogen functional groups attached to an aromatic ring is 1. The van der Waals surface area contributed by atoms with Gasteiger partial charge in [-0.25, -0.2) is 4.98 Å². The van der Waals surface area contributed by atoms with Crippen LogP contribution < -0.4 is 15.8 Å². The molecule has 112 valence electrons. The van der Waals surface area contributed by atoms with Gasteiger partial charge in [-0.15, -0.1) is 11.3 Å². The number of rotatable bonds is 4. The number of nitrogens with zero attached hydrogens (tertiary/aromatic N) is 1. The lowest BCUT2D eigenvalue weighted by Gasteiger charge is -2.07. The smallest absolute Gasteiger partial charge is 0.187 e. The number of hydrogen-bond donors (Lipinski definition) is 2. The molecule has 0 bridgehead atoms. The maximum atomic E-state index is 5.93. The number of thiazole rings is 1. The second-order valence-electron chi connectivity index (χ2n) is 4.87. The third-order valence-electron chi connectivity index (χ3n) is 3.32. The van der Waals surface area contributed by atoms with Gasteiger partial charge >= 0.3 is 0 Å². The molecule has 1 aromatic heterocycles. The summed E-state index contributed by atoms with van der Waals surface area (Å²) in [5.41, 5.74) is 9.56. The zero-order valence-electron chi connectivity index (χ0n) is 12.5. The molecule has 0 aliphatic rings. The van der Waals surface area contributed by atoms with E-state index >= 15 is 0 Å². The SMILES string of the molecule is COc1ccc(Nc2nc(-c3ccccc3)c(C)s2)cc1N. The quantitative estimate of drug-likeness (QED) is 0.699. The average molecular weight is 311 g/mol. The molecule has 2 aromatic carbocycles. The van der Waals surface area contributed by atoms with Gasteiger partial charge in [-0.3, -0.25) is 0 Å².